The number of methoxy groups -OCH3 is 1. The first-order valence-electron chi connectivity index (χ1n) is 7.78. The Morgan fingerprint density at radius 1 is 1.25 bits per heavy atom. The molecular formula is C17H22N2O4S. The highest BCUT2D eigenvalue weighted by Crippen LogP contribution is 2.22. The van der Waals surface area contributed by atoms with Crippen LogP contribution in [-0.2, 0) is 25.7 Å². The molecule has 0 aliphatic carbocycles. The van der Waals surface area contributed by atoms with E-state index in [2.05, 4.69) is 5.32 Å². The summed E-state index contributed by atoms with van der Waals surface area (Å²) < 4.78 is 4.71. The van der Waals surface area contributed by atoms with Crippen molar-refractivity contribution in [3.63, 3.8) is 0 Å². The van der Waals surface area contributed by atoms with Crippen LogP contribution in [-0.4, -0.2) is 47.5 Å². The third-order valence-corrected chi connectivity index (χ3v) is 4.86. The van der Waals surface area contributed by atoms with Crippen molar-refractivity contribution in [2.75, 3.05) is 18.7 Å². The summed E-state index contributed by atoms with van der Waals surface area (Å²) >= 11 is 1.51. The zero-order valence-corrected chi connectivity index (χ0v) is 14.7. The third-order valence-electron chi connectivity index (χ3n) is 3.85. The van der Waals surface area contributed by atoms with Gasteiger partial charge in [-0.15, -0.1) is 11.8 Å². The van der Waals surface area contributed by atoms with E-state index >= 15 is 0 Å². The number of rotatable bonds is 6. The van der Waals surface area contributed by atoms with E-state index in [1.165, 1.54) is 29.3 Å². The van der Waals surface area contributed by atoms with Crippen molar-refractivity contribution in [1.82, 2.24) is 10.2 Å². The van der Waals surface area contributed by atoms with Gasteiger partial charge in [-0.25, -0.2) is 4.79 Å². The number of amides is 2. The molecule has 0 radical (unpaired) electrons. The van der Waals surface area contributed by atoms with Crippen LogP contribution in [0.25, 0.3) is 0 Å². The molecule has 1 atom stereocenters. The molecule has 1 heterocycles. The third kappa shape index (κ3) is 4.99. The minimum absolute atomic E-state index is 0.0911. The molecule has 1 aliphatic rings. The average Bonchev–Trinajstić information content (AvgIpc) is 3.08. The first kappa shape index (κ1) is 18.3. The number of nitrogens with zero attached hydrogens (tertiary/aromatic N) is 1. The Morgan fingerprint density at radius 3 is 2.62 bits per heavy atom. The van der Waals surface area contributed by atoms with Gasteiger partial charge in [0.1, 0.15) is 6.04 Å². The van der Waals surface area contributed by atoms with Gasteiger partial charge in [-0.3, -0.25) is 9.59 Å². The van der Waals surface area contributed by atoms with Crippen molar-refractivity contribution < 1.29 is 19.1 Å². The molecule has 130 valence electrons. The predicted octanol–water partition coefficient (Wildman–Crippen LogP) is 1.47. The van der Waals surface area contributed by atoms with E-state index in [0.29, 0.717) is 18.2 Å². The Labute approximate surface area is 145 Å². The summed E-state index contributed by atoms with van der Waals surface area (Å²) in [5.74, 6) is 0.227. The van der Waals surface area contributed by atoms with Gasteiger partial charge in [-0.05, 0) is 12.5 Å². The van der Waals surface area contributed by atoms with Crippen LogP contribution in [0.5, 0.6) is 0 Å². The minimum Gasteiger partial charge on any atom is -0.467 e. The summed E-state index contributed by atoms with van der Waals surface area (Å²) in [6, 6.07) is 7.36. The molecule has 6 nitrogen and oxygen atoms in total. The monoisotopic (exact) mass is 350 g/mol. The molecule has 1 aromatic rings. The fraction of sp³-hybridized carbons (Fsp3) is 0.471. The van der Waals surface area contributed by atoms with E-state index in [-0.39, 0.29) is 24.7 Å². The van der Waals surface area contributed by atoms with Crippen LogP contribution >= 0.6 is 11.8 Å². The number of hydrogen-bond acceptors (Lipinski definition) is 5. The van der Waals surface area contributed by atoms with Crippen LogP contribution in [0.2, 0.25) is 0 Å². The van der Waals surface area contributed by atoms with Gasteiger partial charge >= 0.3 is 5.97 Å². The molecule has 1 N–H and O–H groups in total. The second-order valence-corrected chi connectivity index (χ2v) is 6.66. The zero-order chi connectivity index (χ0) is 17.5. The van der Waals surface area contributed by atoms with Gasteiger partial charge in [0.15, 0.2) is 0 Å². The fourth-order valence-corrected chi connectivity index (χ4v) is 3.54. The molecule has 0 saturated carbocycles. The lowest BCUT2D eigenvalue weighted by Gasteiger charge is -2.21. The van der Waals surface area contributed by atoms with E-state index in [4.69, 9.17) is 4.74 Å². The van der Waals surface area contributed by atoms with Crippen LogP contribution in [0.4, 0.5) is 0 Å². The summed E-state index contributed by atoms with van der Waals surface area (Å²) in [5.41, 5.74) is 2.18. The van der Waals surface area contributed by atoms with Gasteiger partial charge in [-0.1, -0.05) is 29.8 Å². The van der Waals surface area contributed by atoms with Crippen molar-refractivity contribution in [2.45, 2.75) is 32.4 Å². The number of aryl methyl sites for hydroxylation is 1. The highest BCUT2D eigenvalue weighted by atomic mass is 32.2. The van der Waals surface area contributed by atoms with E-state index in [1.807, 2.05) is 31.2 Å². The van der Waals surface area contributed by atoms with Crippen LogP contribution < -0.4 is 5.32 Å². The lowest BCUT2D eigenvalue weighted by Crippen LogP contribution is -2.42. The largest absolute Gasteiger partial charge is 0.467 e. The number of benzene rings is 1. The van der Waals surface area contributed by atoms with Crippen LogP contribution in [0, 0.1) is 6.92 Å². The standard InChI is InChI=1S/C17H22N2O4S/c1-12-3-5-13(6-4-12)9-18-15(20)7-8-16(21)19-11-24-10-14(19)17(22)23-2/h3-6,14H,7-11H2,1-2H3,(H,18,20)/t14-/m0/s1. The Hall–Kier alpha value is -2.02. The molecular weight excluding hydrogens is 328 g/mol. The number of nitrogens with one attached hydrogen (secondary N) is 1. The number of ether oxygens (including phenoxy) is 1. The van der Waals surface area contributed by atoms with Crippen molar-refractivity contribution in [3.8, 4) is 0 Å². The molecule has 7 heteroatoms. The summed E-state index contributed by atoms with van der Waals surface area (Å²) in [6.07, 6.45) is 0.202. The molecule has 1 fully saturated rings. The lowest BCUT2D eigenvalue weighted by atomic mass is 10.1. The SMILES string of the molecule is COC(=O)[C@@H]1CSCN1C(=O)CCC(=O)NCc1ccc(C)cc1. The molecule has 0 spiro atoms. The molecule has 2 rings (SSSR count). The smallest absolute Gasteiger partial charge is 0.329 e. The molecule has 0 bridgehead atoms. The summed E-state index contributed by atoms with van der Waals surface area (Å²) in [7, 11) is 1.31. The van der Waals surface area contributed by atoms with E-state index in [1.54, 1.807) is 0 Å². The van der Waals surface area contributed by atoms with E-state index in [0.717, 1.165) is 5.56 Å². The first-order valence-corrected chi connectivity index (χ1v) is 8.94. The number of carbonyl (C=O) groups excluding carboxylic acids is 3. The van der Waals surface area contributed by atoms with Crippen LogP contribution in [0.15, 0.2) is 24.3 Å². The summed E-state index contributed by atoms with van der Waals surface area (Å²) in [5, 5.41) is 2.80. The minimum atomic E-state index is -0.539. The normalized spacial score (nSPS) is 16.8. The number of thioether (sulfide) groups is 1. The Morgan fingerprint density at radius 2 is 1.96 bits per heavy atom. The number of hydrogen-bond donors (Lipinski definition) is 1. The van der Waals surface area contributed by atoms with Crippen LogP contribution in [0.3, 0.4) is 0 Å². The van der Waals surface area contributed by atoms with E-state index in [9.17, 15) is 14.4 Å². The fourth-order valence-electron chi connectivity index (χ4n) is 2.38. The second-order valence-electron chi connectivity index (χ2n) is 5.66. The molecule has 0 aromatic heterocycles. The van der Waals surface area contributed by atoms with Crippen molar-refractivity contribution >= 4 is 29.5 Å². The quantitative estimate of drug-likeness (QED) is 0.786. The molecule has 1 aromatic carbocycles. The van der Waals surface area contributed by atoms with Gasteiger partial charge in [0.25, 0.3) is 0 Å². The number of carbonyl (C=O) groups is 3. The summed E-state index contributed by atoms with van der Waals surface area (Å²) in [4.78, 5) is 37.2. The molecule has 1 aliphatic heterocycles. The van der Waals surface area contributed by atoms with E-state index < -0.39 is 12.0 Å². The molecule has 2 amide bonds. The maximum atomic E-state index is 12.2. The number of esters is 1. The second kappa shape index (κ2) is 8.73. The first-order chi connectivity index (χ1) is 11.5. The topological polar surface area (TPSA) is 75.7 Å². The van der Waals surface area contributed by atoms with Crippen LogP contribution in [0.1, 0.15) is 24.0 Å². The van der Waals surface area contributed by atoms with Gasteiger partial charge < -0.3 is 15.0 Å². The molecule has 0 unspecified atom stereocenters. The van der Waals surface area contributed by atoms with Gasteiger partial charge in [0, 0.05) is 25.1 Å². The Bertz CT molecular complexity index is 603. The van der Waals surface area contributed by atoms with Crippen molar-refractivity contribution in [2.24, 2.45) is 0 Å². The van der Waals surface area contributed by atoms with Crippen molar-refractivity contribution in [3.05, 3.63) is 35.4 Å². The maximum absolute atomic E-state index is 12.2. The van der Waals surface area contributed by atoms with Crippen molar-refractivity contribution in [1.29, 1.82) is 0 Å². The average molecular weight is 350 g/mol. The highest BCUT2D eigenvalue weighted by molar-refractivity contribution is 7.99. The van der Waals surface area contributed by atoms with Gasteiger partial charge in [-0.2, -0.15) is 0 Å². The molecule has 1 saturated heterocycles. The maximum Gasteiger partial charge on any atom is 0.329 e. The highest BCUT2D eigenvalue weighted by Gasteiger charge is 2.35. The molecule has 24 heavy (non-hydrogen) atoms. The summed E-state index contributed by atoms with van der Waals surface area (Å²) in [6.45, 7) is 2.45. The van der Waals surface area contributed by atoms with Gasteiger partial charge in [0.2, 0.25) is 11.8 Å². The Kier molecular flexibility index (Phi) is 6.66. The Balaban J connectivity index is 1.75. The lowest BCUT2D eigenvalue weighted by molar-refractivity contribution is -0.150. The van der Waals surface area contributed by atoms with Gasteiger partial charge in [0.05, 0.1) is 13.0 Å². The zero-order valence-electron chi connectivity index (χ0n) is 13.9. The predicted molar refractivity (Wildman–Crippen MR) is 92.2 cm³/mol.